The largest absolute Gasteiger partial charge is 0.433 e. The van der Waals surface area contributed by atoms with Crippen LogP contribution in [0.2, 0.25) is 0 Å². The van der Waals surface area contributed by atoms with E-state index in [2.05, 4.69) is 15.5 Å². The summed E-state index contributed by atoms with van der Waals surface area (Å²) in [6.45, 7) is 0.355. The van der Waals surface area contributed by atoms with Gasteiger partial charge >= 0.3 is 5.88 Å². The van der Waals surface area contributed by atoms with Crippen molar-refractivity contribution in [3.05, 3.63) is 22.2 Å². The summed E-state index contributed by atoms with van der Waals surface area (Å²) in [6, 6.07) is 2.73. The number of nitro groups is 1. The molecule has 0 radical (unpaired) electrons. The summed E-state index contributed by atoms with van der Waals surface area (Å²) in [7, 11) is 0. The molecule has 0 aromatic carbocycles. The number of nitrogens with one attached hydrogen (secondary N) is 1. The summed E-state index contributed by atoms with van der Waals surface area (Å²) >= 11 is 1.19. The number of anilines is 1. The van der Waals surface area contributed by atoms with Crippen LogP contribution in [0.1, 0.15) is 0 Å². The first-order chi connectivity index (χ1) is 8.20. The maximum Gasteiger partial charge on any atom is 0.433 e. The molecule has 0 spiro atoms. The SMILES string of the molecule is O=[N+]([O-])c1ccc(-c2nnc(NCCO)s2)o1. The minimum Gasteiger partial charge on any atom is -0.398 e. The van der Waals surface area contributed by atoms with Gasteiger partial charge in [0.05, 0.1) is 12.7 Å². The Morgan fingerprint density at radius 3 is 3.00 bits per heavy atom. The van der Waals surface area contributed by atoms with E-state index in [1.54, 1.807) is 0 Å². The molecule has 0 aliphatic heterocycles. The molecule has 0 amide bonds. The van der Waals surface area contributed by atoms with Gasteiger partial charge in [0.25, 0.3) is 0 Å². The zero-order valence-electron chi connectivity index (χ0n) is 8.49. The van der Waals surface area contributed by atoms with Crippen molar-refractivity contribution >= 4 is 22.4 Å². The van der Waals surface area contributed by atoms with Crippen molar-refractivity contribution in [2.75, 3.05) is 18.5 Å². The number of nitrogens with zero attached hydrogens (tertiary/aromatic N) is 3. The Labute approximate surface area is 99.1 Å². The van der Waals surface area contributed by atoms with Gasteiger partial charge in [0.1, 0.15) is 4.92 Å². The molecule has 0 saturated carbocycles. The fourth-order valence-electron chi connectivity index (χ4n) is 1.10. The summed E-state index contributed by atoms with van der Waals surface area (Å²) < 4.78 is 4.98. The number of aliphatic hydroxyl groups is 1. The lowest BCUT2D eigenvalue weighted by molar-refractivity contribution is -0.401. The van der Waals surface area contributed by atoms with E-state index in [4.69, 9.17) is 9.52 Å². The molecule has 8 nitrogen and oxygen atoms in total. The lowest BCUT2D eigenvalue weighted by Crippen LogP contribution is -2.04. The standard InChI is InChI=1S/C8H8N4O4S/c13-4-3-9-8-11-10-7(17-8)5-1-2-6(16-5)12(14)15/h1-2,13H,3-4H2,(H,9,11). The van der Waals surface area contributed by atoms with Crippen molar-refractivity contribution in [3.63, 3.8) is 0 Å². The molecule has 0 aliphatic carbocycles. The van der Waals surface area contributed by atoms with Gasteiger partial charge < -0.3 is 14.8 Å². The lowest BCUT2D eigenvalue weighted by Gasteiger charge is -1.94. The molecule has 2 aromatic rings. The fraction of sp³-hybridized carbons (Fsp3) is 0.250. The van der Waals surface area contributed by atoms with Gasteiger partial charge in [-0.05, 0) is 6.07 Å². The highest BCUT2D eigenvalue weighted by Gasteiger charge is 2.16. The van der Waals surface area contributed by atoms with E-state index in [9.17, 15) is 10.1 Å². The van der Waals surface area contributed by atoms with E-state index in [-0.39, 0.29) is 12.5 Å². The summed E-state index contributed by atoms with van der Waals surface area (Å²) in [5.74, 6) is -0.0358. The van der Waals surface area contributed by atoms with Crippen LogP contribution in [-0.2, 0) is 0 Å². The second-order valence-electron chi connectivity index (χ2n) is 2.96. The van der Waals surface area contributed by atoms with Crippen LogP contribution in [0.4, 0.5) is 11.0 Å². The Hall–Kier alpha value is -2.00. The van der Waals surface area contributed by atoms with Crippen LogP contribution in [0.15, 0.2) is 16.5 Å². The van der Waals surface area contributed by atoms with Gasteiger partial charge in [-0.3, -0.25) is 10.1 Å². The summed E-state index contributed by atoms with van der Waals surface area (Å²) in [4.78, 5) is 9.82. The first-order valence-corrected chi connectivity index (χ1v) is 5.45. The third-order valence-electron chi connectivity index (χ3n) is 1.80. The quantitative estimate of drug-likeness (QED) is 0.608. The van der Waals surface area contributed by atoms with Crippen LogP contribution in [0, 0.1) is 10.1 Å². The van der Waals surface area contributed by atoms with Crippen molar-refractivity contribution < 1.29 is 14.4 Å². The first-order valence-electron chi connectivity index (χ1n) is 4.63. The Kier molecular flexibility index (Phi) is 3.30. The number of aromatic nitrogens is 2. The highest BCUT2D eigenvalue weighted by atomic mass is 32.1. The van der Waals surface area contributed by atoms with Crippen molar-refractivity contribution in [3.8, 4) is 10.8 Å². The monoisotopic (exact) mass is 256 g/mol. The van der Waals surface area contributed by atoms with Crippen LogP contribution < -0.4 is 5.32 Å². The third kappa shape index (κ3) is 2.57. The second-order valence-corrected chi connectivity index (χ2v) is 3.94. The molecule has 17 heavy (non-hydrogen) atoms. The maximum absolute atomic E-state index is 10.4. The van der Waals surface area contributed by atoms with Crippen LogP contribution in [-0.4, -0.2) is 33.4 Å². The summed E-state index contributed by atoms with van der Waals surface area (Å²) in [5, 5.41) is 30.5. The van der Waals surface area contributed by atoms with Crippen molar-refractivity contribution in [1.29, 1.82) is 0 Å². The zero-order valence-corrected chi connectivity index (χ0v) is 9.31. The maximum atomic E-state index is 10.4. The molecule has 2 N–H and O–H groups in total. The average molecular weight is 256 g/mol. The molecule has 2 heterocycles. The molecule has 0 unspecified atom stereocenters. The van der Waals surface area contributed by atoms with E-state index >= 15 is 0 Å². The number of hydrogen-bond donors (Lipinski definition) is 2. The van der Waals surface area contributed by atoms with Crippen molar-refractivity contribution in [2.24, 2.45) is 0 Å². The molecule has 0 bridgehead atoms. The van der Waals surface area contributed by atoms with Gasteiger partial charge in [-0.1, -0.05) is 11.3 Å². The molecular weight excluding hydrogens is 248 g/mol. The topological polar surface area (TPSA) is 114 Å². The van der Waals surface area contributed by atoms with Crippen molar-refractivity contribution in [1.82, 2.24) is 10.2 Å². The van der Waals surface area contributed by atoms with E-state index < -0.39 is 4.92 Å². The highest BCUT2D eigenvalue weighted by molar-refractivity contribution is 7.18. The molecule has 0 saturated heterocycles. The summed E-state index contributed by atoms with van der Waals surface area (Å²) in [6.07, 6.45) is 0. The van der Waals surface area contributed by atoms with Gasteiger partial charge in [0.2, 0.25) is 5.13 Å². The van der Waals surface area contributed by atoms with Gasteiger partial charge in [-0.25, -0.2) is 0 Å². The van der Waals surface area contributed by atoms with E-state index in [0.717, 1.165) is 0 Å². The van der Waals surface area contributed by atoms with Gasteiger partial charge in [-0.2, -0.15) is 0 Å². The van der Waals surface area contributed by atoms with E-state index in [1.165, 1.54) is 23.5 Å². The minimum absolute atomic E-state index is 0.0128. The normalized spacial score (nSPS) is 10.4. The molecular formula is C8H8N4O4S. The molecule has 90 valence electrons. The Morgan fingerprint density at radius 1 is 1.53 bits per heavy atom. The molecule has 2 rings (SSSR count). The Bertz CT molecular complexity index is 523. The minimum atomic E-state index is -0.616. The number of aliphatic hydroxyl groups excluding tert-OH is 1. The van der Waals surface area contributed by atoms with Crippen LogP contribution >= 0.6 is 11.3 Å². The number of rotatable bonds is 5. The average Bonchev–Trinajstić information content (AvgIpc) is 2.94. The van der Waals surface area contributed by atoms with E-state index in [1.807, 2.05) is 0 Å². The van der Waals surface area contributed by atoms with Gasteiger partial charge in [0, 0.05) is 6.54 Å². The van der Waals surface area contributed by atoms with Crippen LogP contribution in [0.25, 0.3) is 10.8 Å². The predicted octanol–water partition coefficient (Wildman–Crippen LogP) is 1.11. The second kappa shape index (κ2) is 4.89. The Balaban J connectivity index is 2.15. The Morgan fingerprint density at radius 2 is 2.35 bits per heavy atom. The molecule has 0 aliphatic rings. The van der Waals surface area contributed by atoms with Crippen LogP contribution in [0.5, 0.6) is 0 Å². The molecule has 2 aromatic heterocycles. The smallest absolute Gasteiger partial charge is 0.398 e. The van der Waals surface area contributed by atoms with Crippen LogP contribution in [0.3, 0.4) is 0 Å². The zero-order chi connectivity index (χ0) is 12.3. The van der Waals surface area contributed by atoms with Gasteiger partial charge in [0.15, 0.2) is 10.8 Å². The first kappa shape index (κ1) is 11.5. The van der Waals surface area contributed by atoms with Crippen molar-refractivity contribution in [2.45, 2.75) is 0 Å². The number of furan rings is 1. The predicted molar refractivity (Wildman–Crippen MR) is 59.8 cm³/mol. The third-order valence-corrected chi connectivity index (χ3v) is 2.69. The lowest BCUT2D eigenvalue weighted by atomic mass is 10.5. The van der Waals surface area contributed by atoms with E-state index in [0.29, 0.717) is 22.4 Å². The molecule has 0 atom stereocenters. The number of hydrogen-bond acceptors (Lipinski definition) is 8. The summed E-state index contributed by atoms with van der Waals surface area (Å²) in [5.41, 5.74) is 0. The fourth-order valence-corrected chi connectivity index (χ4v) is 1.83. The van der Waals surface area contributed by atoms with Gasteiger partial charge in [-0.15, -0.1) is 10.2 Å². The highest BCUT2D eigenvalue weighted by Crippen LogP contribution is 2.29. The molecule has 9 heteroatoms. The molecule has 0 fully saturated rings.